The number of hydrogen-bond acceptors (Lipinski definition) is 5. The highest BCUT2D eigenvalue weighted by Crippen LogP contribution is 2.38. The van der Waals surface area contributed by atoms with Crippen LogP contribution in [0, 0.1) is 18.6 Å². The van der Waals surface area contributed by atoms with Gasteiger partial charge in [-0.15, -0.1) is 0 Å². The third-order valence-corrected chi connectivity index (χ3v) is 6.86. The molecule has 184 valence electrons. The fourth-order valence-electron chi connectivity index (χ4n) is 5.16. The molecule has 0 radical (unpaired) electrons. The van der Waals surface area contributed by atoms with Gasteiger partial charge in [0.2, 0.25) is 11.7 Å². The summed E-state index contributed by atoms with van der Waals surface area (Å²) in [7, 11) is 0. The Kier molecular flexibility index (Phi) is 6.60. The number of rotatable bonds is 5. The van der Waals surface area contributed by atoms with Crippen molar-refractivity contribution in [3.63, 3.8) is 0 Å². The molecule has 2 saturated heterocycles. The monoisotopic (exact) mass is 481 g/mol. The molecule has 1 N–H and O–H groups in total. The van der Waals surface area contributed by atoms with Gasteiger partial charge in [0.1, 0.15) is 17.3 Å². The lowest BCUT2D eigenvalue weighted by molar-refractivity contribution is -0.138. The predicted molar refractivity (Wildman–Crippen MR) is 128 cm³/mol. The molecule has 0 bridgehead atoms. The first kappa shape index (κ1) is 24.7. The average Bonchev–Trinajstić information content (AvgIpc) is 2.78. The van der Waals surface area contributed by atoms with Crippen molar-refractivity contribution in [1.29, 1.82) is 0 Å². The lowest BCUT2D eigenvalue weighted by atomic mass is 9.80. The van der Waals surface area contributed by atoms with Gasteiger partial charge < -0.3 is 10.1 Å². The number of nitrogens with zero attached hydrogens (tertiary/aromatic N) is 2. The molecular weight excluding hydrogens is 452 g/mol. The molecule has 2 aliphatic rings. The number of pyridine rings is 1. The molecule has 2 aromatic rings. The van der Waals surface area contributed by atoms with Gasteiger partial charge in [0.05, 0.1) is 24.3 Å². The van der Waals surface area contributed by atoms with E-state index in [2.05, 4.69) is 23.5 Å². The Hall–Kier alpha value is -3.39. The Morgan fingerprint density at radius 3 is 2.74 bits per heavy atom. The van der Waals surface area contributed by atoms with E-state index in [-0.39, 0.29) is 30.0 Å². The molecule has 3 heterocycles. The van der Waals surface area contributed by atoms with Crippen LogP contribution in [0.4, 0.5) is 8.78 Å². The quantitative estimate of drug-likeness (QED) is 0.498. The van der Waals surface area contributed by atoms with Crippen LogP contribution in [0.3, 0.4) is 0 Å². The Bertz CT molecular complexity index is 1210. The fourth-order valence-corrected chi connectivity index (χ4v) is 5.16. The van der Waals surface area contributed by atoms with Gasteiger partial charge in [-0.25, -0.2) is 13.8 Å². The van der Waals surface area contributed by atoms with E-state index in [1.807, 2.05) is 26.8 Å². The molecule has 6 nitrogen and oxygen atoms in total. The summed E-state index contributed by atoms with van der Waals surface area (Å²) in [5.41, 5.74) is 0.783. The number of allylic oxidation sites excluding steroid dienone is 1. The highest BCUT2D eigenvalue weighted by molar-refractivity contribution is 6.28. The SMILES string of the molecule is C=C(C(=O)c1ncc(F)cc1F)c1cccc(C2(C)CC(=O)N([C@@H]3CCOC(C)C3)C(=C)N2)c1C. The van der Waals surface area contributed by atoms with Crippen molar-refractivity contribution >= 4 is 17.3 Å². The zero-order valence-corrected chi connectivity index (χ0v) is 20.2. The maximum atomic E-state index is 14.2. The van der Waals surface area contributed by atoms with Gasteiger partial charge in [0, 0.05) is 24.3 Å². The molecule has 1 aromatic heterocycles. The van der Waals surface area contributed by atoms with Gasteiger partial charge in [-0.2, -0.15) is 0 Å². The molecule has 35 heavy (non-hydrogen) atoms. The average molecular weight is 482 g/mol. The summed E-state index contributed by atoms with van der Waals surface area (Å²) in [6.45, 7) is 14.3. The summed E-state index contributed by atoms with van der Waals surface area (Å²) >= 11 is 0. The highest BCUT2D eigenvalue weighted by Gasteiger charge is 2.42. The van der Waals surface area contributed by atoms with Crippen LogP contribution in [0.5, 0.6) is 0 Å². The minimum absolute atomic E-state index is 0.0266. The molecule has 0 saturated carbocycles. The van der Waals surface area contributed by atoms with Gasteiger partial charge in [0.25, 0.3) is 0 Å². The maximum Gasteiger partial charge on any atom is 0.231 e. The Labute approximate surface area is 203 Å². The van der Waals surface area contributed by atoms with E-state index in [4.69, 9.17) is 4.74 Å². The first-order valence-electron chi connectivity index (χ1n) is 11.6. The van der Waals surface area contributed by atoms with Gasteiger partial charge in [-0.1, -0.05) is 31.4 Å². The number of amides is 1. The highest BCUT2D eigenvalue weighted by atomic mass is 19.1. The van der Waals surface area contributed by atoms with Crippen molar-refractivity contribution in [3.05, 3.63) is 83.5 Å². The van der Waals surface area contributed by atoms with Gasteiger partial charge >= 0.3 is 0 Å². The molecule has 1 aromatic carbocycles. The summed E-state index contributed by atoms with van der Waals surface area (Å²) in [6, 6.07) is 5.99. The molecule has 2 aliphatic heterocycles. The van der Waals surface area contributed by atoms with E-state index in [1.54, 1.807) is 17.0 Å². The van der Waals surface area contributed by atoms with E-state index in [0.717, 1.165) is 30.2 Å². The van der Waals surface area contributed by atoms with Crippen LogP contribution in [-0.2, 0) is 15.1 Å². The fraction of sp³-hybridized carbons (Fsp3) is 0.370. The molecule has 0 aliphatic carbocycles. The number of Topliss-reactive ketones (excluding diaryl/α,β-unsaturated/α-hetero) is 1. The van der Waals surface area contributed by atoms with Crippen molar-refractivity contribution in [1.82, 2.24) is 15.2 Å². The molecule has 1 amide bonds. The summed E-state index contributed by atoms with van der Waals surface area (Å²) < 4.78 is 33.0. The number of halogens is 2. The minimum Gasteiger partial charge on any atom is -0.378 e. The molecule has 2 unspecified atom stereocenters. The van der Waals surface area contributed by atoms with E-state index in [0.29, 0.717) is 24.1 Å². The second-order valence-corrected chi connectivity index (χ2v) is 9.47. The topological polar surface area (TPSA) is 71.5 Å². The Morgan fingerprint density at radius 1 is 1.34 bits per heavy atom. The van der Waals surface area contributed by atoms with Crippen molar-refractivity contribution < 1.29 is 23.1 Å². The summed E-state index contributed by atoms with van der Waals surface area (Å²) in [6.07, 6.45) is 2.55. The summed E-state index contributed by atoms with van der Waals surface area (Å²) in [5, 5.41) is 3.43. The van der Waals surface area contributed by atoms with Crippen LogP contribution in [0.2, 0.25) is 0 Å². The third-order valence-electron chi connectivity index (χ3n) is 6.86. The Morgan fingerprint density at radius 2 is 2.09 bits per heavy atom. The molecule has 4 rings (SSSR count). The molecular formula is C27H29F2N3O3. The molecule has 3 atom stereocenters. The van der Waals surface area contributed by atoms with E-state index in [1.165, 1.54) is 0 Å². The number of nitrogens with one attached hydrogen (secondary N) is 1. The van der Waals surface area contributed by atoms with Crippen LogP contribution in [0.1, 0.15) is 60.3 Å². The number of hydrogen-bond donors (Lipinski definition) is 1. The molecule has 0 spiro atoms. The third kappa shape index (κ3) is 4.62. The lowest BCUT2D eigenvalue weighted by Crippen LogP contribution is -2.57. The first-order chi connectivity index (χ1) is 16.5. The van der Waals surface area contributed by atoms with Crippen LogP contribution < -0.4 is 5.32 Å². The number of carbonyl (C=O) groups excluding carboxylic acids is 2. The Balaban J connectivity index is 1.61. The van der Waals surface area contributed by atoms with E-state index in [9.17, 15) is 18.4 Å². The largest absolute Gasteiger partial charge is 0.378 e. The minimum atomic E-state index is -1.05. The molecule has 8 heteroatoms. The lowest BCUT2D eigenvalue weighted by Gasteiger charge is -2.47. The standard InChI is InChI=1S/C27H29F2N3O3/c1-15-11-20(9-10-35-15)32-18(4)31-27(5,13-24(32)33)22-8-6-7-21(16(22)2)17(3)26(34)25-23(29)12-19(28)14-30-25/h6-8,12,14-15,20,31H,3-4,9-11,13H2,1-2,5H3/t15?,20-,27?/m1/s1. The van der Waals surface area contributed by atoms with Gasteiger partial charge in [-0.05, 0) is 50.3 Å². The molecule has 2 fully saturated rings. The van der Waals surface area contributed by atoms with Crippen molar-refractivity contribution in [2.45, 2.75) is 57.7 Å². The van der Waals surface area contributed by atoms with Gasteiger partial charge in [-0.3, -0.25) is 14.5 Å². The predicted octanol–water partition coefficient (Wildman–Crippen LogP) is 4.64. The van der Waals surface area contributed by atoms with Crippen LogP contribution in [0.25, 0.3) is 5.57 Å². The summed E-state index contributed by atoms with van der Waals surface area (Å²) in [5.74, 6) is -2.15. The zero-order chi connectivity index (χ0) is 25.5. The van der Waals surface area contributed by atoms with Crippen LogP contribution in [0.15, 0.2) is 49.4 Å². The van der Waals surface area contributed by atoms with E-state index >= 15 is 0 Å². The number of ether oxygens (including phenoxy) is 1. The maximum absolute atomic E-state index is 14.2. The number of carbonyl (C=O) groups is 2. The zero-order valence-electron chi connectivity index (χ0n) is 20.2. The second kappa shape index (κ2) is 9.34. The van der Waals surface area contributed by atoms with Crippen LogP contribution >= 0.6 is 0 Å². The summed E-state index contributed by atoms with van der Waals surface area (Å²) in [4.78, 5) is 31.6. The van der Waals surface area contributed by atoms with Gasteiger partial charge in [0.15, 0.2) is 5.82 Å². The smallest absolute Gasteiger partial charge is 0.231 e. The van der Waals surface area contributed by atoms with Crippen molar-refractivity contribution in [3.8, 4) is 0 Å². The number of benzene rings is 1. The van der Waals surface area contributed by atoms with Crippen molar-refractivity contribution in [2.75, 3.05) is 6.61 Å². The second-order valence-electron chi connectivity index (χ2n) is 9.47. The van der Waals surface area contributed by atoms with Crippen LogP contribution in [-0.4, -0.2) is 40.3 Å². The first-order valence-corrected chi connectivity index (χ1v) is 11.6. The normalized spacial score (nSPS) is 24.8. The number of ketones is 1. The number of aromatic nitrogens is 1. The van der Waals surface area contributed by atoms with Crippen molar-refractivity contribution in [2.24, 2.45) is 0 Å². The van der Waals surface area contributed by atoms with E-state index < -0.39 is 28.7 Å².